The Kier molecular flexibility index (Phi) is 3.72. The molecule has 0 radical (unpaired) electrons. The molecule has 0 bridgehead atoms. The van der Waals surface area contributed by atoms with Crippen molar-refractivity contribution >= 4 is 5.97 Å². The molecule has 0 aromatic rings. The largest absolute Gasteiger partial charge is 0.480 e. The van der Waals surface area contributed by atoms with Crippen LogP contribution in [0.3, 0.4) is 0 Å². The predicted octanol–water partition coefficient (Wildman–Crippen LogP) is 1.49. The van der Waals surface area contributed by atoms with E-state index in [4.69, 9.17) is 5.11 Å². The zero-order valence-corrected chi connectivity index (χ0v) is 8.42. The minimum atomic E-state index is -0.705. The highest BCUT2D eigenvalue weighted by atomic mass is 16.4. The molecule has 0 spiro atoms. The summed E-state index contributed by atoms with van der Waals surface area (Å²) in [4.78, 5) is 10.7. The van der Waals surface area contributed by atoms with Crippen LogP contribution in [-0.4, -0.2) is 23.7 Å². The van der Waals surface area contributed by atoms with Crippen molar-refractivity contribution in [2.75, 3.05) is 6.54 Å². The lowest BCUT2D eigenvalue weighted by Crippen LogP contribution is -2.37. The van der Waals surface area contributed by atoms with Gasteiger partial charge in [0.1, 0.15) is 6.04 Å². The molecule has 1 saturated heterocycles. The maximum absolute atomic E-state index is 10.7. The summed E-state index contributed by atoms with van der Waals surface area (Å²) >= 11 is 0. The first-order valence-electron chi connectivity index (χ1n) is 5.11. The number of nitrogens with one attached hydrogen (secondary N) is 1. The van der Waals surface area contributed by atoms with Gasteiger partial charge in [-0.3, -0.25) is 4.79 Å². The quantitative estimate of drug-likeness (QED) is 0.685. The van der Waals surface area contributed by atoms with E-state index in [1.807, 2.05) is 0 Å². The number of hydrogen-bond donors (Lipinski definition) is 2. The Labute approximate surface area is 79.5 Å². The Morgan fingerprint density at radius 1 is 1.54 bits per heavy atom. The van der Waals surface area contributed by atoms with Gasteiger partial charge in [-0.15, -0.1) is 0 Å². The second-order valence-electron chi connectivity index (χ2n) is 4.02. The molecule has 1 fully saturated rings. The highest BCUT2D eigenvalue weighted by molar-refractivity contribution is 5.73. The maximum Gasteiger partial charge on any atom is 0.320 e. The van der Waals surface area contributed by atoms with E-state index in [1.54, 1.807) is 0 Å². The minimum absolute atomic E-state index is 0.320. The van der Waals surface area contributed by atoms with Gasteiger partial charge in [-0.1, -0.05) is 20.3 Å². The van der Waals surface area contributed by atoms with Gasteiger partial charge in [0.2, 0.25) is 0 Å². The zero-order valence-electron chi connectivity index (χ0n) is 8.42. The fraction of sp³-hybridized carbons (Fsp3) is 0.900. The number of carboxylic acids is 1. The van der Waals surface area contributed by atoms with Crippen LogP contribution in [0.15, 0.2) is 0 Å². The third-order valence-electron chi connectivity index (χ3n) is 3.14. The first kappa shape index (κ1) is 10.5. The molecule has 0 saturated carbocycles. The Morgan fingerprint density at radius 2 is 2.23 bits per heavy atom. The van der Waals surface area contributed by atoms with Crippen LogP contribution in [0, 0.1) is 11.8 Å². The van der Waals surface area contributed by atoms with Crippen molar-refractivity contribution in [3.8, 4) is 0 Å². The smallest absolute Gasteiger partial charge is 0.320 e. The Morgan fingerprint density at radius 3 is 2.77 bits per heavy atom. The summed E-state index contributed by atoms with van der Waals surface area (Å²) in [6.45, 7) is 5.23. The molecule has 1 aliphatic heterocycles. The van der Waals surface area contributed by atoms with Gasteiger partial charge in [-0.2, -0.15) is 0 Å². The summed E-state index contributed by atoms with van der Waals surface area (Å²) in [5.41, 5.74) is 0. The topological polar surface area (TPSA) is 49.3 Å². The summed E-state index contributed by atoms with van der Waals surface area (Å²) in [6.07, 6.45) is 2.98. The van der Waals surface area contributed by atoms with Crippen LogP contribution in [-0.2, 0) is 4.79 Å². The average Bonchev–Trinajstić information content (AvgIpc) is 2.27. The Bertz CT molecular complexity index is 182. The third-order valence-corrected chi connectivity index (χ3v) is 3.14. The number of carboxylic acid groups (broad SMARTS) is 1. The van der Waals surface area contributed by atoms with E-state index in [0.29, 0.717) is 11.8 Å². The van der Waals surface area contributed by atoms with Crippen LogP contribution in [0.4, 0.5) is 0 Å². The first-order valence-corrected chi connectivity index (χ1v) is 5.11. The molecule has 0 aromatic carbocycles. The summed E-state index contributed by atoms with van der Waals surface area (Å²) in [6, 6.07) is -0.320. The predicted molar refractivity (Wildman–Crippen MR) is 51.6 cm³/mol. The molecule has 1 aliphatic rings. The lowest BCUT2D eigenvalue weighted by atomic mass is 9.88. The highest BCUT2D eigenvalue weighted by Crippen LogP contribution is 2.24. The standard InChI is InChI=1S/C10H19NO2/c1-3-8-4-5-9(10(12)13)11-6-7(8)2/h7-9,11H,3-6H2,1-2H3,(H,12,13). The molecule has 13 heavy (non-hydrogen) atoms. The maximum atomic E-state index is 10.7. The van der Waals surface area contributed by atoms with E-state index >= 15 is 0 Å². The van der Waals surface area contributed by atoms with Gasteiger partial charge >= 0.3 is 5.97 Å². The first-order chi connectivity index (χ1) is 6.15. The molecule has 3 atom stereocenters. The van der Waals surface area contributed by atoms with E-state index in [9.17, 15) is 4.79 Å². The van der Waals surface area contributed by atoms with Crippen molar-refractivity contribution in [1.82, 2.24) is 5.32 Å². The lowest BCUT2D eigenvalue weighted by Gasteiger charge is -2.18. The molecule has 0 amide bonds. The molecule has 0 aromatic heterocycles. The van der Waals surface area contributed by atoms with E-state index < -0.39 is 5.97 Å². The summed E-state index contributed by atoms with van der Waals surface area (Å²) in [7, 11) is 0. The van der Waals surface area contributed by atoms with Crippen LogP contribution >= 0.6 is 0 Å². The van der Waals surface area contributed by atoms with Gasteiger partial charge < -0.3 is 10.4 Å². The van der Waals surface area contributed by atoms with Gasteiger partial charge in [0.05, 0.1) is 0 Å². The van der Waals surface area contributed by atoms with Gasteiger partial charge in [0, 0.05) is 0 Å². The molecule has 0 aliphatic carbocycles. The molecular formula is C10H19NO2. The zero-order chi connectivity index (χ0) is 9.84. The van der Waals surface area contributed by atoms with Crippen LogP contribution in [0.2, 0.25) is 0 Å². The second-order valence-corrected chi connectivity index (χ2v) is 4.02. The van der Waals surface area contributed by atoms with Crippen LogP contribution in [0.5, 0.6) is 0 Å². The van der Waals surface area contributed by atoms with Gasteiger partial charge in [-0.25, -0.2) is 0 Å². The van der Waals surface area contributed by atoms with Crippen molar-refractivity contribution in [1.29, 1.82) is 0 Å². The Hall–Kier alpha value is -0.570. The van der Waals surface area contributed by atoms with E-state index in [1.165, 1.54) is 0 Å². The van der Waals surface area contributed by atoms with Crippen LogP contribution in [0.25, 0.3) is 0 Å². The van der Waals surface area contributed by atoms with Gasteiger partial charge in [0.25, 0.3) is 0 Å². The van der Waals surface area contributed by atoms with Crippen molar-refractivity contribution in [3.05, 3.63) is 0 Å². The summed E-state index contributed by atoms with van der Waals surface area (Å²) in [5, 5.41) is 11.9. The van der Waals surface area contributed by atoms with Crippen molar-refractivity contribution < 1.29 is 9.90 Å². The highest BCUT2D eigenvalue weighted by Gasteiger charge is 2.26. The van der Waals surface area contributed by atoms with E-state index in [2.05, 4.69) is 19.2 Å². The third kappa shape index (κ3) is 2.69. The van der Waals surface area contributed by atoms with Crippen molar-refractivity contribution in [2.24, 2.45) is 11.8 Å². The second kappa shape index (κ2) is 4.61. The van der Waals surface area contributed by atoms with Crippen molar-refractivity contribution in [2.45, 2.75) is 39.2 Å². The molecule has 76 valence electrons. The Balaban J connectivity index is 2.51. The molecule has 3 unspecified atom stereocenters. The molecular weight excluding hydrogens is 166 g/mol. The summed E-state index contributed by atoms with van der Waals surface area (Å²) < 4.78 is 0. The summed E-state index contributed by atoms with van der Waals surface area (Å²) in [5.74, 6) is 0.593. The number of hydrogen-bond acceptors (Lipinski definition) is 2. The van der Waals surface area contributed by atoms with Gasteiger partial charge in [0.15, 0.2) is 0 Å². The van der Waals surface area contributed by atoms with Crippen molar-refractivity contribution in [3.63, 3.8) is 0 Å². The fourth-order valence-electron chi connectivity index (χ4n) is 2.08. The average molecular weight is 185 g/mol. The molecule has 1 rings (SSSR count). The molecule has 3 nitrogen and oxygen atoms in total. The molecule has 3 heteroatoms. The van der Waals surface area contributed by atoms with Crippen LogP contribution in [0.1, 0.15) is 33.1 Å². The number of carbonyl (C=O) groups is 1. The monoisotopic (exact) mass is 185 g/mol. The molecule has 2 N–H and O–H groups in total. The number of rotatable bonds is 2. The molecule has 1 heterocycles. The fourth-order valence-corrected chi connectivity index (χ4v) is 2.08. The van der Waals surface area contributed by atoms with Gasteiger partial charge in [-0.05, 0) is 31.2 Å². The van der Waals surface area contributed by atoms with E-state index in [0.717, 1.165) is 25.8 Å². The SMILES string of the molecule is CCC1CCC(C(=O)O)NCC1C. The number of aliphatic carboxylic acids is 1. The lowest BCUT2D eigenvalue weighted by molar-refractivity contribution is -0.139. The van der Waals surface area contributed by atoms with Crippen LogP contribution < -0.4 is 5.32 Å². The minimum Gasteiger partial charge on any atom is -0.480 e. The van der Waals surface area contributed by atoms with E-state index in [-0.39, 0.29) is 6.04 Å². The normalized spacial score (nSPS) is 35.4.